The van der Waals surface area contributed by atoms with E-state index in [0.717, 1.165) is 64.4 Å². The van der Waals surface area contributed by atoms with Crippen molar-refractivity contribution in [2.24, 2.45) is 0 Å². The van der Waals surface area contributed by atoms with E-state index in [-0.39, 0.29) is 10.6 Å². The first-order chi connectivity index (χ1) is 15.6. The van der Waals surface area contributed by atoms with Crippen molar-refractivity contribution in [1.82, 2.24) is 9.97 Å². The number of hydrogen-bond donors (Lipinski definition) is 0. The van der Waals surface area contributed by atoms with Crippen LogP contribution in [0.25, 0.3) is 22.2 Å². The molecule has 1 aliphatic heterocycles. The summed E-state index contributed by atoms with van der Waals surface area (Å²) in [5.41, 5.74) is 3.99. The SMILES string of the molecule is O=[N+]([O-])c1ccc(N2CCN(c3nc(-c4ccccc4)c4cc(Br)ccc4n3)CC2)cc1. The fraction of sp³-hybridized carbons (Fsp3) is 0.167. The molecule has 1 aromatic heterocycles. The second-order valence-electron chi connectivity index (χ2n) is 7.65. The van der Waals surface area contributed by atoms with E-state index in [0.29, 0.717) is 0 Å². The van der Waals surface area contributed by atoms with Crippen LogP contribution in [-0.2, 0) is 0 Å². The van der Waals surface area contributed by atoms with Gasteiger partial charge in [-0.15, -0.1) is 0 Å². The zero-order chi connectivity index (χ0) is 22.1. The molecule has 8 heteroatoms. The van der Waals surface area contributed by atoms with Crippen LogP contribution in [0.3, 0.4) is 0 Å². The van der Waals surface area contributed by atoms with Gasteiger partial charge in [0.1, 0.15) is 0 Å². The number of anilines is 2. The molecule has 5 rings (SSSR count). The minimum atomic E-state index is -0.373. The Labute approximate surface area is 193 Å². The monoisotopic (exact) mass is 489 g/mol. The highest BCUT2D eigenvalue weighted by Gasteiger charge is 2.21. The number of non-ortho nitro benzene ring substituents is 1. The topological polar surface area (TPSA) is 75.4 Å². The third-order valence-electron chi connectivity index (χ3n) is 5.68. The number of hydrogen-bond acceptors (Lipinski definition) is 6. The zero-order valence-corrected chi connectivity index (χ0v) is 18.8. The zero-order valence-electron chi connectivity index (χ0n) is 17.2. The molecule has 1 saturated heterocycles. The summed E-state index contributed by atoms with van der Waals surface area (Å²) >= 11 is 3.57. The van der Waals surface area contributed by atoms with E-state index in [1.54, 1.807) is 12.1 Å². The van der Waals surface area contributed by atoms with E-state index in [1.807, 2.05) is 42.5 Å². The van der Waals surface area contributed by atoms with E-state index in [1.165, 1.54) is 0 Å². The first-order valence-corrected chi connectivity index (χ1v) is 11.1. The van der Waals surface area contributed by atoms with Gasteiger partial charge in [-0.05, 0) is 30.3 Å². The summed E-state index contributed by atoms with van der Waals surface area (Å²) < 4.78 is 0.996. The number of aromatic nitrogens is 2. The summed E-state index contributed by atoms with van der Waals surface area (Å²) in [6, 6.07) is 23.0. The molecule has 1 aliphatic rings. The number of piperazine rings is 1. The first-order valence-electron chi connectivity index (χ1n) is 10.4. The lowest BCUT2D eigenvalue weighted by atomic mass is 10.1. The molecule has 0 N–H and O–H groups in total. The third-order valence-corrected chi connectivity index (χ3v) is 6.17. The van der Waals surface area contributed by atoms with Crippen molar-refractivity contribution >= 4 is 44.2 Å². The van der Waals surface area contributed by atoms with E-state index >= 15 is 0 Å². The van der Waals surface area contributed by atoms with Crippen LogP contribution in [0.2, 0.25) is 0 Å². The Balaban J connectivity index is 1.42. The highest BCUT2D eigenvalue weighted by molar-refractivity contribution is 9.10. The van der Waals surface area contributed by atoms with Crippen molar-refractivity contribution < 1.29 is 4.92 Å². The van der Waals surface area contributed by atoms with Crippen LogP contribution in [0, 0.1) is 10.1 Å². The molecular formula is C24H20BrN5O2. The summed E-state index contributed by atoms with van der Waals surface area (Å²) in [4.78, 5) is 24.8. The molecule has 3 aromatic carbocycles. The third kappa shape index (κ3) is 4.01. The van der Waals surface area contributed by atoms with Crippen LogP contribution in [0.1, 0.15) is 0 Å². The Morgan fingerprint density at radius 1 is 0.844 bits per heavy atom. The average molecular weight is 490 g/mol. The van der Waals surface area contributed by atoms with Gasteiger partial charge < -0.3 is 9.80 Å². The summed E-state index contributed by atoms with van der Waals surface area (Å²) in [5, 5.41) is 11.9. The molecule has 0 unspecified atom stereocenters. The predicted octanol–water partition coefficient (Wildman–Crippen LogP) is 5.29. The molecule has 7 nitrogen and oxygen atoms in total. The summed E-state index contributed by atoms with van der Waals surface area (Å²) in [5.74, 6) is 0.724. The van der Waals surface area contributed by atoms with Crippen molar-refractivity contribution in [3.8, 4) is 11.3 Å². The molecule has 2 heterocycles. The molecule has 1 fully saturated rings. The predicted molar refractivity (Wildman–Crippen MR) is 130 cm³/mol. The van der Waals surface area contributed by atoms with E-state index in [9.17, 15) is 10.1 Å². The maximum Gasteiger partial charge on any atom is 0.269 e. The molecular weight excluding hydrogens is 470 g/mol. The number of fused-ring (bicyclic) bond motifs is 1. The number of nitrogens with zero attached hydrogens (tertiary/aromatic N) is 5. The molecule has 0 saturated carbocycles. The Morgan fingerprint density at radius 2 is 1.53 bits per heavy atom. The molecule has 0 amide bonds. The van der Waals surface area contributed by atoms with Crippen LogP contribution >= 0.6 is 15.9 Å². The highest BCUT2D eigenvalue weighted by atomic mass is 79.9. The standard InChI is InChI=1S/C24H20BrN5O2/c25-18-6-11-22-21(16-18)23(17-4-2-1-3-5-17)27-24(26-22)29-14-12-28(13-15-29)19-7-9-20(10-8-19)30(31)32/h1-11,16H,12-15H2. The fourth-order valence-electron chi connectivity index (χ4n) is 4.00. The van der Waals surface area contributed by atoms with Crippen molar-refractivity contribution in [3.05, 3.63) is 87.4 Å². The second-order valence-corrected chi connectivity index (χ2v) is 8.56. The van der Waals surface area contributed by atoms with Crippen molar-refractivity contribution in [2.45, 2.75) is 0 Å². The van der Waals surface area contributed by atoms with Crippen LogP contribution < -0.4 is 9.80 Å². The number of rotatable bonds is 4. The van der Waals surface area contributed by atoms with Gasteiger partial charge in [-0.3, -0.25) is 10.1 Å². The quantitative estimate of drug-likeness (QED) is 0.286. The normalized spacial score (nSPS) is 14.0. The molecule has 0 radical (unpaired) electrons. The number of nitro benzene ring substituents is 1. The fourth-order valence-corrected chi connectivity index (χ4v) is 4.36. The van der Waals surface area contributed by atoms with E-state index in [4.69, 9.17) is 9.97 Å². The number of nitro groups is 1. The van der Waals surface area contributed by atoms with Gasteiger partial charge in [0.2, 0.25) is 5.95 Å². The molecule has 160 valence electrons. The lowest BCUT2D eigenvalue weighted by Gasteiger charge is -2.36. The van der Waals surface area contributed by atoms with Crippen LogP contribution in [-0.4, -0.2) is 41.1 Å². The number of halogens is 1. The Kier molecular flexibility index (Phi) is 5.45. The highest BCUT2D eigenvalue weighted by Crippen LogP contribution is 2.31. The maximum atomic E-state index is 10.9. The number of benzene rings is 3. The molecule has 0 atom stereocenters. The minimum Gasteiger partial charge on any atom is -0.368 e. The molecule has 4 aromatic rings. The Bertz CT molecular complexity index is 1270. The first kappa shape index (κ1) is 20.4. The molecule has 0 aliphatic carbocycles. The van der Waals surface area contributed by atoms with Crippen molar-refractivity contribution in [2.75, 3.05) is 36.0 Å². The maximum absolute atomic E-state index is 10.9. The molecule has 0 bridgehead atoms. The van der Waals surface area contributed by atoms with Crippen molar-refractivity contribution in [3.63, 3.8) is 0 Å². The van der Waals surface area contributed by atoms with Gasteiger partial charge in [0.15, 0.2) is 0 Å². The van der Waals surface area contributed by atoms with Gasteiger partial charge in [0.25, 0.3) is 5.69 Å². The molecule has 0 spiro atoms. The van der Waals surface area contributed by atoms with Crippen LogP contribution in [0.5, 0.6) is 0 Å². The van der Waals surface area contributed by atoms with Crippen molar-refractivity contribution in [1.29, 1.82) is 0 Å². The summed E-state index contributed by atoms with van der Waals surface area (Å²) in [6.07, 6.45) is 0. The van der Waals surface area contributed by atoms with Gasteiger partial charge in [-0.1, -0.05) is 46.3 Å². The van der Waals surface area contributed by atoms with Crippen LogP contribution in [0.4, 0.5) is 17.3 Å². The minimum absolute atomic E-state index is 0.108. The largest absolute Gasteiger partial charge is 0.368 e. The van der Waals surface area contributed by atoms with Gasteiger partial charge in [-0.25, -0.2) is 9.97 Å². The summed E-state index contributed by atoms with van der Waals surface area (Å²) in [6.45, 7) is 3.13. The lowest BCUT2D eigenvalue weighted by molar-refractivity contribution is -0.384. The average Bonchev–Trinajstić information content (AvgIpc) is 2.84. The van der Waals surface area contributed by atoms with E-state index in [2.05, 4.69) is 43.9 Å². The molecule has 32 heavy (non-hydrogen) atoms. The second kappa shape index (κ2) is 8.55. The Hall–Kier alpha value is -3.52. The summed E-state index contributed by atoms with van der Waals surface area (Å²) in [7, 11) is 0. The lowest BCUT2D eigenvalue weighted by Crippen LogP contribution is -2.47. The van der Waals surface area contributed by atoms with E-state index < -0.39 is 0 Å². The smallest absolute Gasteiger partial charge is 0.269 e. The van der Waals surface area contributed by atoms with Gasteiger partial charge >= 0.3 is 0 Å². The van der Waals surface area contributed by atoms with Gasteiger partial charge in [0.05, 0.1) is 16.1 Å². The van der Waals surface area contributed by atoms with Gasteiger partial charge in [-0.2, -0.15) is 0 Å². The van der Waals surface area contributed by atoms with Gasteiger partial charge in [0, 0.05) is 59.4 Å². The Morgan fingerprint density at radius 3 is 2.22 bits per heavy atom. The van der Waals surface area contributed by atoms with Crippen LogP contribution in [0.15, 0.2) is 77.3 Å².